The third-order valence-electron chi connectivity index (χ3n) is 5.60. The molecular formula is C20H32N2O. The zero-order chi connectivity index (χ0) is 16.9. The Labute approximate surface area is 141 Å². The number of hydrogen-bond donors (Lipinski definition) is 2. The van der Waals surface area contributed by atoms with E-state index in [2.05, 4.69) is 68.7 Å². The van der Waals surface area contributed by atoms with E-state index in [1.165, 1.54) is 5.56 Å². The summed E-state index contributed by atoms with van der Waals surface area (Å²) in [6, 6.07) is 11.0. The predicted octanol–water partition coefficient (Wildman–Crippen LogP) is 4.69. The van der Waals surface area contributed by atoms with Crippen LogP contribution in [0.25, 0.3) is 0 Å². The quantitative estimate of drug-likeness (QED) is 0.812. The first-order chi connectivity index (χ1) is 10.9. The van der Waals surface area contributed by atoms with Crippen LogP contribution in [0.5, 0.6) is 0 Å². The van der Waals surface area contributed by atoms with Gasteiger partial charge in [-0.25, -0.2) is 4.79 Å². The van der Waals surface area contributed by atoms with Crippen LogP contribution in [0.3, 0.4) is 0 Å². The lowest BCUT2D eigenvalue weighted by Gasteiger charge is -2.31. The highest BCUT2D eigenvalue weighted by Gasteiger charge is 2.25. The Morgan fingerprint density at radius 1 is 1.13 bits per heavy atom. The van der Waals surface area contributed by atoms with Gasteiger partial charge < -0.3 is 10.6 Å². The van der Waals surface area contributed by atoms with Gasteiger partial charge >= 0.3 is 6.03 Å². The summed E-state index contributed by atoms with van der Waals surface area (Å²) < 4.78 is 0. The van der Waals surface area contributed by atoms with Crippen LogP contribution in [0, 0.1) is 11.3 Å². The fourth-order valence-corrected chi connectivity index (χ4v) is 3.04. The minimum absolute atomic E-state index is 0.0121. The molecule has 0 aliphatic heterocycles. The van der Waals surface area contributed by atoms with E-state index in [1.54, 1.807) is 0 Å². The average molecular weight is 316 g/mol. The van der Waals surface area contributed by atoms with Gasteiger partial charge in [0.25, 0.3) is 0 Å². The number of urea groups is 1. The van der Waals surface area contributed by atoms with Gasteiger partial charge in [0.15, 0.2) is 0 Å². The van der Waals surface area contributed by atoms with Crippen molar-refractivity contribution in [1.29, 1.82) is 0 Å². The zero-order valence-corrected chi connectivity index (χ0v) is 15.1. The van der Waals surface area contributed by atoms with Crippen molar-refractivity contribution < 1.29 is 4.79 Å². The van der Waals surface area contributed by atoms with Crippen LogP contribution in [-0.2, 0) is 0 Å². The van der Waals surface area contributed by atoms with Gasteiger partial charge in [0, 0.05) is 12.6 Å². The van der Waals surface area contributed by atoms with Crippen molar-refractivity contribution in [3.63, 3.8) is 0 Å². The minimum atomic E-state index is -0.0121. The summed E-state index contributed by atoms with van der Waals surface area (Å²) in [6.45, 7) is 9.51. The predicted molar refractivity (Wildman–Crippen MR) is 96.6 cm³/mol. The smallest absolute Gasteiger partial charge is 0.315 e. The van der Waals surface area contributed by atoms with E-state index in [4.69, 9.17) is 0 Å². The summed E-state index contributed by atoms with van der Waals surface area (Å²) >= 11 is 0. The summed E-state index contributed by atoms with van der Waals surface area (Å²) in [5, 5.41) is 6.20. The van der Waals surface area contributed by atoms with E-state index >= 15 is 0 Å². The van der Waals surface area contributed by atoms with Crippen molar-refractivity contribution in [1.82, 2.24) is 10.6 Å². The molecule has 2 amide bonds. The first kappa shape index (κ1) is 17.8. The number of rotatable bonds is 5. The van der Waals surface area contributed by atoms with Gasteiger partial charge in [-0.3, -0.25) is 0 Å². The van der Waals surface area contributed by atoms with E-state index in [9.17, 15) is 4.79 Å². The standard InChI is InChI=1S/C20H32N2O/c1-15(2)20(3,4)14-21-19(23)22-18-12-10-17(11-13-18)16-8-6-5-7-9-16/h5-9,15,17-18H,10-14H2,1-4H3,(H2,21,22,23). The Hall–Kier alpha value is -1.51. The van der Waals surface area contributed by atoms with Gasteiger partial charge in [0.2, 0.25) is 0 Å². The maximum Gasteiger partial charge on any atom is 0.315 e. The first-order valence-corrected chi connectivity index (χ1v) is 8.98. The molecule has 2 N–H and O–H groups in total. The normalized spacial score (nSPS) is 22.0. The molecule has 1 aromatic rings. The summed E-state index contributed by atoms with van der Waals surface area (Å²) in [7, 11) is 0. The first-order valence-electron chi connectivity index (χ1n) is 8.98. The molecule has 0 atom stereocenters. The van der Waals surface area contributed by atoms with Gasteiger partial charge in [-0.05, 0) is 48.5 Å². The van der Waals surface area contributed by atoms with E-state index in [0.29, 0.717) is 17.9 Å². The molecule has 0 aromatic heterocycles. The summed E-state index contributed by atoms with van der Waals surface area (Å²) in [5.41, 5.74) is 1.57. The maximum absolute atomic E-state index is 12.1. The molecule has 1 aromatic carbocycles. The fourth-order valence-electron chi connectivity index (χ4n) is 3.04. The Morgan fingerprint density at radius 3 is 2.30 bits per heavy atom. The number of carbonyl (C=O) groups excluding carboxylic acids is 1. The lowest BCUT2D eigenvalue weighted by Crippen LogP contribution is -2.46. The van der Waals surface area contributed by atoms with Crippen molar-refractivity contribution in [3.05, 3.63) is 35.9 Å². The number of nitrogens with one attached hydrogen (secondary N) is 2. The van der Waals surface area contributed by atoms with Crippen LogP contribution < -0.4 is 10.6 Å². The molecule has 128 valence electrons. The second-order valence-corrected chi connectivity index (χ2v) is 7.93. The Morgan fingerprint density at radius 2 is 1.74 bits per heavy atom. The van der Waals surface area contributed by atoms with E-state index in [-0.39, 0.29) is 11.4 Å². The molecule has 3 heteroatoms. The monoisotopic (exact) mass is 316 g/mol. The zero-order valence-electron chi connectivity index (χ0n) is 15.1. The van der Waals surface area contributed by atoms with Crippen molar-refractivity contribution in [2.24, 2.45) is 11.3 Å². The van der Waals surface area contributed by atoms with Crippen LogP contribution in [-0.4, -0.2) is 18.6 Å². The molecule has 0 saturated heterocycles. The second-order valence-electron chi connectivity index (χ2n) is 7.93. The molecule has 0 bridgehead atoms. The molecule has 1 fully saturated rings. The van der Waals surface area contributed by atoms with Crippen LogP contribution in [0.1, 0.15) is 64.9 Å². The molecule has 2 rings (SSSR count). The van der Waals surface area contributed by atoms with Crippen LogP contribution in [0.2, 0.25) is 0 Å². The number of benzene rings is 1. The Balaban J connectivity index is 1.73. The second kappa shape index (κ2) is 7.85. The van der Waals surface area contributed by atoms with Crippen molar-refractivity contribution >= 4 is 6.03 Å². The number of hydrogen-bond acceptors (Lipinski definition) is 1. The fraction of sp³-hybridized carbons (Fsp3) is 0.650. The molecule has 0 heterocycles. The average Bonchev–Trinajstić information content (AvgIpc) is 2.54. The Bertz CT molecular complexity index is 488. The number of amides is 2. The highest BCUT2D eigenvalue weighted by molar-refractivity contribution is 5.74. The molecule has 23 heavy (non-hydrogen) atoms. The molecule has 3 nitrogen and oxygen atoms in total. The highest BCUT2D eigenvalue weighted by atomic mass is 16.2. The molecule has 1 saturated carbocycles. The summed E-state index contributed by atoms with van der Waals surface area (Å²) in [5.74, 6) is 1.20. The van der Waals surface area contributed by atoms with Gasteiger partial charge in [-0.15, -0.1) is 0 Å². The molecule has 0 spiro atoms. The largest absolute Gasteiger partial charge is 0.338 e. The highest BCUT2D eigenvalue weighted by Crippen LogP contribution is 2.32. The molecule has 0 unspecified atom stereocenters. The summed E-state index contributed by atoms with van der Waals surface area (Å²) in [4.78, 5) is 12.1. The lowest BCUT2D eigenvalue weighted by atomic mass is 9.81. The molecule has 1 aliphatic rings. The van der Waals surface area contributed by atoms with Gasteiger partial charge in [-0.1, -0.05) is 58.0 Å². The van der Waals surface area contributed by atoms with Crippen molar-refractivity contribution in [2.75, 3.05) is 6.54 Å². The van der Waals surface area contributed by atoms with Gasteiger partial charge in [0.1, 0.15) is 0 Å². The molecule has 1 aliphatic carbocycles. The van der Waals surface area contributed by atoms with E-state index < -0.39 is 0 Å². The Kier molecular flexibility index (Phi) is 6.09. The third kappa shape index (κ3) is 5.26. The SMILES string of the molecule is CC(C)C(C)(C)CNC(=O)NC1CCC(c2ccccc2)CC1. The maximum atomic E-state index is 12.1. The van der Waals surface area contributed by atoms with Crippen molar-refractivity contribution in [3.8, 4) is 0 Å². The topological polar surface area (TPSA) is 41.1 Å². The van der Waals surface area contributed by atoms with Crippen LogP contribution in [0.15, 0.2) is 30.3 Å². The third-order valence-corrected chi connectivity index (χ3v) is 5.60. The van der Waals surface area contributed by atoms with Crippen LogP contribution in [0.4, 0.5) is 4.79 Å². The van der Waals surface area contributed by atoms with Crippen molar-refractivity contribution in [2.45, 2.75) is 65.3 Å². The van der Waals surface area contributed by atoms with Gasteiger partial charge in [-0.2, -0.15) is 0 Å². The molecular weight excluding hydrogens is 284 g/mol. The molecule has 0 radical (unpaired) electrons. The summed E-state index contributed by atoms with van der Waals surface area (Å²) in [6.07, 6.45) is 4.46. The van der Waals surface area contributed by atoms with E-state index in [0.717, 1.165) is 32.2 Å². The van der Waals surface area contributed by atoms with Gasteiger partial charge in [0.05, 0.1) is 0 Å². The van der Waals surface area contributed by atoms with Crippen LogP contribution >= 0.6 is 0 Å². The number of carbonyl (C=O) groups is 1. The minimum Gasteiger partial charge on any atom is -0.338 e. The van der Waals surface area contributed by atoms with E-state index in [1.807, 2.05) is 0 Å². The lowest BCUT2D eigenvalue weighted by molar-refractivity contribution is 0.209.